The number of aliphatic imine (C=N–C) groups is 1. The maximum atomic E-state index is 12.5. The lowest BCUT2D eigenvalue weighted by molar-refractivity contribution is -0.137. The number of fused-ring (bicyclic) bond motifs is 1. The first kappa shape index (κ1) is 14.5. The first-order chi connectivity index (χ1) is 9.93. The zero-order valence-electron chi connectivity index (χ0n) is 10.7. The molecule has 1 unspecified atom stereocenters. The van der Waals surface area contributed by atoms with Crippen LogP contribution in [0.25, 0.3) is 0 Å². The molecule has 3 rings (SSSR count). The van der Waals surface area contributed by atoms with Crippen LogP contribution in [0.15, 0.2) is 52.4 Å². The molecule has 0 fully saturated rings. The van der Waals surface area contributed by atoms with Gasteiger partial charge in [-0.05, 0) is 35.9 Å². The van der Waals surface area contributed by atoms with E-state index in [1.165, 1.54) is 12.1 Å². The summed E-state index contributed by atoms with van der Waals surface area (Å²) in [4.78, 5) is 5.45. The van der Waals surface area contributed by atoms with Crippen molar-refractivity contribution in [1.82, 2.24) is 0 Å². The molecule has 0 bridgehead atoms. The Bertz CT molecular complexity index is 695. The van der Waals surface area contributed by atoms with E-state index in [0.29, 0.717) is 10.8 Å². The molecule has 0 amide bonds. The third-order valence-corrected chi connectivity index (χ3v) is 5.55. The van der Waals surface area contributed by atoms with Gasteiger partial charge in [0.25, 0.3) is 0 Å². The highest BCUT2D eigenvalue weighted by Gasteiger charge is 2.30. The molecule has 21 heavy (non-hydrogen) atoms. The van der Waals surface area contributed by atoms with Crippen molar-refractivity contribution in [2.75, 3.05) is 0 Å². The molecule has 0 saturated carbocycles. The van der Waals surface area contributed by atoms with Gasteiger partial charge < -0.3 is 0 Å². The molecule has 1 aliphatic rings. The Morgan fingerprint density at radius 1 is 1.05 bits per heavy atom. The summed E-state index contributed by atoms with van der Waals surface area (Å²) in [5.74, 6) is 0.686. The van der Waals surface area contributed by atoms with E-state index >= 15 is 0 Å². The minimum Gasteiger partial charge on any atom is -0.250 e. The second kappa shape index (κ2) is 5.39. The summed E-state index contributed by atoms with van der Waals surface area (Å²) in [7, 11) is -0.619. The second-order valence-electron chi connectivity index (χ2n) is 4.70. The largest absolute Gasteiger partial charge is 0.416 e. The molecule has 110 valence electrons. The Labute approximate surface area is 127 Å². The van der Waals surface area contributed by atoms with Crippen molar-refractivity contribution in [1.29, 1.82) is 0 Å². The number of hydrogen-bond acceptors (Lipinski definition) is 1. The van der Waals surface area contributed by atoms with E-state index in [-0.39, 0.29) is 0 Å². The third kappa shape index (κ3) is 3.09. The molecule has 0 spiro atoms. The maximum Gasteiger partial charge on any atom is 0.416 e. The van der Waals surface area contributed by atoms with Crippen LogP contribution in [0.5, 0.6) is 0 Å². The molecule has 2 aromatic carbocycles. The van der Waals surface area contributed by atoms with Crippen LogP contribution in [-0.4, -0.2) is 5.55 Å². The van der Waals surface area contributed by atoms with Gasteiger partial charge in [-0.3, -0.25) is 4.99 Å². The summed E-state index contributed by atoms with van der Waals surface area (Å²) < 4.78 is 37.6. The number of alkyl halides is 3. The smallest absolute Gasteiger partial charge is 0.250 e. The Morgan fingerprint density at radius 2 is 1.76 bits per heavy atom. The number of hydrogen-bond donors (Lipinski definition) is 1. The summed E-state index contributed by atoms with van der Waals surface area (Å²) in [6.45, 7) is 0. The highest BCUT2D eigenvalue weighted by Crippen LogP contribution is 2.48. The van der Waals surface area contributed by atoms with Crippen molar-refractivity contribution >= 4 is 33.7 Å². The lowest BCUT2D eigenvalue weighted by Gasteiger charge is -2.14. The van der Waals surface area contributed by atoms with Crippen LogP contribution in [0.2, 0.25) is 5.02 Å². The zero-order chi connectivity index (χ0) is 15.0. The second-order valence-corrected chi connectivity index (χ2v) is 7.11. The van der Waals surface area contributed by atoms with Gasteiger partial charge in [-0.1, -0.05) is 23.7 Å². The van der Waals surface area contributed by atoms with Crippen molar-refractivity contribution in [3.63, 3.8) is 0 Å². The van der Waals surface area contributed by atoms with E-state index < -0.39 is 22.6 Å². The maximum absolute atomic E-state index is 12.5. The lowest BCUT2D eigenvalue weighted by atomic mass is 10.1. The summed E-state index contributed by atoms with van der Waals surface area (Å²) in [5.41, 5.74) is 3.00. The van der Waals surface area contributed by atoms with Gasteiger partial charge in [0.1, 0.15) is 0 Å². The highest BCUT2D eigenvalue weighted by atomic mass is 35.5. The minimum absolute atomic E-state index is 0.619. The number of rotatable bonds is 2. The average Bonchev–Trinajstić information content (AvgIpc) is 2.80. The molecular weight excluding hydrogens is 319 g/mol. The van der Waals surface area contributed by atoms with Gasteiger partial charge in [0.05, 0.1) is 11.3 Å². The quantitative estimate of drug-likeness (QED) is 0.689. The molecule has 1 nitrogen and oxygen atoms in total. The van der Waals surface area contributed by atoms with Crippen LogP contribution in [0.1, 0.15) is 11.1 Å². The number of halogens is 4. The standard InChI is InChI=1S/C15H11ClF3NS/c16-12-5-6-14-13(7-12)20-9-21(14)8-10-1-3-11(4-2-10)15(17,18)19/h1-7,9,21H,8H2. The summed E-state index contributed by atoms with van der Waals surface area (Å²) in [6, 6.07) is 10.9. The SMILES string of the molecule is FC(F)(F)c1ccc(C[SH]2C=Nc3cc(Cl)ccc32)cc1. The van der Waals surface area contributed by atoms with Crippen molar-refractivity contribution in [3.8, 4) is 0 Å². The van der Waals surface area contributed by atoms with E-state index in [1.54, 1.807) is 0 Å². The third-order valence-electron chi connectivity index (χ3n) is 3.22. The normalized spacial score (nSPS) is 18.8. The van der Waals surface area contributed by atoms with E-state index in [2.05, 4.69) is 4.99 Å². The number of thiol groups is 1. The first-order valence-corrected chi connectivity index (χ1v) is 8.17. The molecule has 6 heteroatoms. The summed E-state index contributed by atoms with van der Waals surface area (Å²) >= 11 is 5.92. The fourth-order valence-electron chi connectivity index (χ4n) is 2.16. The van der Waals surface area contributed by atoms with Crippen molar-refractivity contribution in [2.45, 2.75) is 16.8 Å². The van der Waals surface area contributed by atoms with Crippen molar-refractivity contribution in [2.24, 2.45) is 4.99 Å². The Balaban J connectivity index is 1.79. The van der Waals surface area contributed by atoms with E-state index in [1.807, 2.05) is 23.7 Å². The van der Waals surface area contributed by atoms with E-state index in [9.17, 15) is 13.2 Å². The highest BCUT2D eigenvalue weighted by molar-refractivity contribution is 8.28. The van der Waals surface area contributed by atoms with Crippen LogP contribution in [0.3, 0.4) is 0 Å². The molecule has 0 aliphatic carbocycles. The monoisotopic (exact) mass is 329 g/mol. The van der Waals surface area contributed by atoms with Crippen molar-refractivity contribution in [3.05, 3.63) is 58.6 Å². The van der Waals surface area contributed by atoms with Gasteiger partial charge in [0, 0.05) is 21.2 Å². The van der Waals surface area contributed by atoms with Crippen LogP contribution >= 0.6 is 22.5 Å². The van der Waals surface area contributed by atoms with Gasteiger partial charge in [0.2, 0.25) is 0 Å². The van der Waals surface area contributed by atoms with Crippen LogP contribution in [0, 0.1) is 0 Å². The van der Waals surface area contributed by atoms with Gasteiger partial charge in [-0.15, -0.1) is 0 Å². The van der Waals surface area contributed by atoms with Gasteiger partial charge in [-0.2, -0.15) is 24.1 Å². The molecule has 1 heterocycles. The lowest BCUT2D eigenvalue weighted by Crippen LogP contribution is -2.04. The fraction of sp³-hybridized carbons (Fsp3) is 0.133. The molecular formula is C15H11ClF3NS. The average molecular weight is 330 g/mol. The molecule has 1 aliphatic heterocycles. The van der Waals surface area contributed by atoms with Crippen molar-refractivity contribution < 1.29 is 13.2 Å². The molecule has 0 radical (unpaired) electrons. The van der Waals surface area contributed by atoms with Gasteiger partial charge in [-0.25, -0.2) is 0 Å². The zero-order valence-corrected chi connectivity index (χ0v) is 12.4. The van der Waals surface area contributed by atoms with Crippen LogP contribution in [0.4, 0.5) is 18.9 Å². The number of benzene rings is 2. The topological polar surface area (TPSA) is 12.4 Å². The van der Waals surface area contributed by atoms with Gasteiger partial charge >= 0.3 is 6.18 Å². The predicted molar refractivity (Wildman–Crippen MR) is 82.0 cm³/mol. The fourth-order valence-corrected chi connectivity index (χ4v) is 4.25. The molecule has 2 aromatic rings. The first-order valence-electron chi connectivity index (χ1n) is 6.20. The molecule has 0 N–H and O–H groups in total. The molecule has 0 saturated heterocycles. The summed E-state index contributed by atoms with van der Waals surface area (Å²) in [5, 5.41) is 0.636. The molecule has 0 aromatic heterocycles. The van der Waals surface area contributed by atoms with E-state index in [0.717, 1.165) is 28.3 Å². The van der Waals surface area contributed by atoms with Crippen LogP contribution < -0.4 is 0 Å². The van der Waals surface area contributed by atoms with Gasteiger partial charge in [0.15, 0.2) is 0 Å². The minimum atomic E-state index is -4.29. The van der Waals surface area contributed by atoms with Crippen LogP contribution in [-0.2, 0) is 11.9 Å². The predicted octanol–water partition coefficient (Wildman–Crippen LogP) is 5.59. The Morgan fingerprint density at radius 3 is 2.43 bits per heavy atom. The molecule has 1 atom stereocenters. The summed E-state index contributed by atoms with van der Waals surface area (Å²) in [6.07, 6.45) is -4.29. The Hall–Kier alpha value is -1.46. The van der Waals surface area contributed by atoms with E-state index in [4.69, 9.17) is 11.6 Å². The Kier molecular flexibility index (Phi) is 3.71. The number of nitrogens with zero attached hydrogens (tertiary/aromatic N) is 1.